The minimum absolute atomic E-state index is 0.162. The molecule has 0 aliphatic heterocycles. The summed E-state index contributed by atoms with van der Waals surface area (Å²) < 4.78 is 4.65. The normalized spacial score (nSPS) is 10.1. The molecule has 26 heavy (non-hydrogen) atoms. The fourth-order valence-corrected chi connectivity index (χ4v) is 2.64. The van der Waals surface area contributed by atoms with Crippen molar-refractivity contribution in [1.29, 1.82) is 0 Å². The van der Waals surface area contributed by atoms with E-state index in [2.05, 4.69) is 11.3 Å². The molecule has 0 saturated heterocycles. The van der Waals surface area contributed by atoms with E-state index >= 15 is 0 Å². The molecule has 5 heteroatoms. The topological polar surface area (TPSA) is 77.5 Å². The van der Waals surface area contributed by atoms with Crippen LogP contribution in [0.1, 0.15) is 66.4 Å². The molecule has 0 aliphatic carbocycles. The van der Waals surface area contributed by atoms with Crippen LogP contribution in [0.5, 0.6) is 0 Å². The maximum atomic E-state index is 11.9. The van der Waals surface area contributed by atoms with Gasteiger partial charge in [-0.05, 0) is 48.7 Å². The second-order valence-corrected chi connectivity index (χ2v) is 5.76. The van der Waals surface area contributed by atoms with Crippen molar-refractivity contribution >= 4 is 29.4 Å². The summed E-state index contributed by atoms with van der Waals surface area (Å²) in [6.45, 7) is 6.81. The van der Waals surface area contributed by atoms with Crippen molar-refractivity contribution in [3.05, 3.63) is 76.4 Å². The third-order valence-corrected chi connectivity index (χ3v) is 4.06. The molecule has 132 valence electrons. The third-order valence-electron chi connectivity index (χ3n) is 4.06. The third kappa shape index (κ3) is 3.67. The second kappa shape index (κ2) is 7.70. The first kappa shape index (κ1) is 19.0. The van der Waals surface area contributed by atoms with Crippen molar-refractivity contribution < 1.29 is 23.9 Å². The molecule has 0 unspecified atom stereocenters. The zero-order chi connectivity index (χ0) is 19.4. The molecule has 0 amide bonds. The van der Waals surface area contributed by atoms with Gasteiger partial charge < -0.3 is 4.74 Å². The molecule has 2 aromatic carbocycles. The minimum Gasteiger partial charge on any atom is -0.465 e. The van der Waals surface area contributed by atoms with Gasteiger partial charge in [-0.1, -0.05) is 24.8 Å². The van der Waals surface area contributed by atoms with E-state index in [1.165, 1.54) is 33.1 Å². The highest BCUT2D eigenvalue weighted by Crippen LogP contribution is 2.26. The van der Waals surface area contributed by atoms with Gasteiger partial charge in [0.05, 0.1) is 12.7 Å². The number of rotatable bonds is 6. The van der Waals surface area contributed by atoms with Crippen LogP contribution in [0, 0.1) is 0 Å². The highest BCUT2D eigenvalue weighted by atomic mass is 16.5. The lowest BCUT2D eigenvalue weighted by Gasteiger charge is -2.12. The first-order valence-corrected chi connectivity index (χ1v) is 7.83. The predicted octanol–water partition coefficient (Wildman–Crippen LogP) is 3.75. The van der Waals surface area contributed by atoms with E-state index in [9.17, 15) is 19.2 Å². The minimum atomic E-state index is -0.603. The fraction of sp³-hybridized carbons (Fsp3) is 0.143. The highest BCUT2D eigenvalue weighted by molar-refractivity contribution is 6.08. The summed E-state index contributed by atoms with van der Waals surface area (Å²) in [7, 11) is 1.24. The molecule has 0 bridgehead atoms. The van der Waals surface area contributed by atoms with E-state index in [4.69, 9.17) is 0 Å². The molecule has 0 fully saturated rings. The zero-order valence-electron chi connectivity index (χ0n) is 14.8. The first-order valence-electron chi connectivity index (χ1n) is 7.83. The van der Waals surface area contributed by atoms with Crippen molar-refractivity contribution in [2.75, 3.05) is 7.11 Å². The Morgan fingerprint density at radius 1 is 0.885 bits per heavy atom. The second-order valence-electron chi connectivity index (χ2n) is 5.76. The van der Waals surface area contributed by atoms with Crippen molar-refractivity contribution in [3.8, 4) is 0 Å². The molecule has 0 heterocycles. The van der Waals surface area contributed by atoms with Gasteiger partial charge in [0, 0.05) is 16.7 Å². The molecule has 2 rings (SSSR count). The summed E-state index contributed by atoms with van der Waals surface area (Å²) in [5, 5.41) is 0. The number of hydrogen-bond donors (Lipinski definition) is 0. The average molecular weight is 350 g/mol. The van der Waals surface area contributed by atoms with Gasteiger partial charge in [-0.3, -0.25) is 14.4 Å². The maximum absolute atomic E-state index is 11.9. The van der Waals surface area contributed by atoms with Gasteiger partial charge in [0.25, 0.3) is 0 Å². The highest BCUT2D eigenvalue weighted by Gasteiger charge is 2.16. The van der Waals surface area contributed by atoms with Gasteiger partial charge in [0.15, 0.2) is 17.9 Å². The van der Waals surface area contributed by atoms with Crippen molar-refractivity contribution in [3.63, 3.8) is 0 Å². The Labute approximate surface area is 151 Å². The Kier molecular flexibility index (Phi) is 5.62. The summed E-state index contributed by atoms with van der Waals surface area (Å²) in [6, 6.07) is 9.56. The maximum Gasteiger partial charge on any atom is 0.338 e. The van der Waals surface area contributed by atoms with E-state index in [1.54, 1.807) is 24.3 Å². The summed E-state index contributed by atoms with van der Waals surface area (Å²) >= 11 is 0. The van der Waals surface area contributed by atoms with E-state index < -0.39 is 5.97 Å². The van der Waals surface area contributed by atoms with Crippen LogP contribution >= 0.6 is 0 Å². The van der Waals surface area contributed by atoms with Crippen molar-refractivity contribution in [2.24, 2.45) is 0 Å². The number of aldehydes is 1. The number of hydrogen-bond acceptors (Lipinski definition) is 5. The molecule has 2 aromatic rings. The molecule has 0 atom stereocenters. The van der Waals surface area contributed by atoms with Crippen LogP contribution in [0.25, 0.3) is 5.57 Å². The van der Waals surface area contributed by atoms with Gasteiger partial charge in [0.2, 0.25) is 0 Å². The van der Waals surface area contributed by atoms with Crippen LogP contribution in [0.2, 0.25) is 0 Å². The van der Waals surface area contributed by atoms with Gasteiger partial charge in [-0.2, -0.15) is 0 Å². The number of Topliss-reactive ketones (excluding diaryl/α,β-unsaturated/α-hetero) is 2. The molecule has 5 nitrogen and oxygen atoms in total. The smallest absolute Gasteiger partial charge is 0.338 e. The number of carbonyl (C=O) groups excluding carboxylic acids is 4. The summed E-state index contributed by atoms with van der Waals surface area (Å²) in [6.07, 6.45) is 0.572. The lowest BCUT2D eigenvalue weighted by atomic mass is 9.92. The Bertz CT molecular complexity index is 937. The Balaban J connectivity index is 2.51. The number of benzene rings is 2. The van der Waals surface area contributed by atoms with Crippen LogP contribution in [-0.2, 0) is 4.74 Å². The quantitative estimate of drug-likeness (QED) is 0.450. The van der Waals surface area contributed by atoms with Crippen LogP contribution in [0.4, 0.5) is 0 Å². The van der Waals surface area contributed by atoms with Gasteiger partial charge >= 0.3 is 5.97 Å². The standard InChI is InChI=1S/C21H18O5/c1-12(15-6-8-19(21(25)26-4)17(9-15)11-22)16-5-7-18(13(2)23)20(10-16)14(3)24/h5-11H,1H2,2-4H3. The Morgan fingerprint density at radius 2 is 1.42 bits per heavy atom. The molecule has 0 N–H and O–H groups in total. The monoisotopic (exact) mass is 350 g/mol. The summed E-state index contributed by atoms with van der Waals surface area (Å²) in [5.41, 5.74) is 2.83. The van der Waals surface area contributed by atoms with Crippen molar-refractivity contribution in [1.82, 2.24) is 0 Å². The van der Waals surface area contributed by atoms with Crippen molar-refractivity contribution in [2.45, 2.75) is 13.8 Å². The molecule has 0 saturated carbocycles. The molecule has 0 aromatic heterocycles. The van der Waals surface area contributed by atoms with E-state index in [0.29, 0.717) is 34.1 Å². The lowest BCUT2D eigenvalue weighted by Crippen LogP contribution is -2.07. The molecule has 0 spiro atoms. The number of methoxy groups -OCH3 is 1. The number of ketones is 2. The predicted molar refractivity (Wildman–Crippen MR) is 97.8 cm³/mol. The number of esters is 1. The lowest BCUT2D eigenvalue weighted by molar-refractivity contribution is 0.0598. The first-order chi connectivity index (χ1) is 12.3. The molecular weight excluding hydrogens is 332 g/mol. The fourth-order valence-electron chi connectivity index (χ4n) is 2.64. The van der Waals surface area contributed by atoms with Crippen LogP contribution in [-0.4, -0.2) is 30.9 Å². The molecule has 0 radical (unpaired) electrons. The number of ether oxygens (including phenoxy) is 1. The van der Waals surface area contributed by atoms with Crippen LogP contribution in [0.15, 0.2) is 43.0 Å². The summed E-state index contributed by atoms with van der Waals surface area (Å²) in [4.78, 5) is 46.5. The Hall–Kier alpha value is -3.34. The van der Waals surface area contributed by atoms with Crippen LogP contribution < -0.4 is 0 Å². The van der Waals surface area contributed by atoms with E-state index in [-0.39, 0.29) is 22.7 Å². The summed E-state index contributed by atoms with van der Waals surface area (Å²) in [5.74, 6) is -1.02. The largest absolute Gasteiger partial charge is 0.465 e. The van der Waals surface area contributed by atoms with E-state index in [0.717, 1.165) is 0 Å². The van der Waals surface area contributed by atoms with Crippen LogP contribution in [0.3, 0.4) is 0 Å². The van der Waals surface area contributed by atoms with Gasteiger partial charge in [-0.25, -0.2) is 4.79 Å². The zero-order valence-corrected chi connectivity index (χ0v) is 14.8. The molecular formula is C21H18O5. The number of carbonyl (C=O) groups is 4. The Morgan fingerprint density at radius 3 is 1.92 bits per heavy atom. The average Bonchev–Trinajstić information content (AvgIpc) is 2.65. The van der Waals surface area contributed by atoms with E-state index in [1.807, 2.05) is 0 Å². The van der Waals surface area contributed by atoms with Gasteiger partial charge in [-0.15, -0.1) is 0 Å². The molecule has 0 aliphatic rings. The van der Waals surface area contributed by atoms with Gasteiger partial charge in [0.1, 0.15) is 0 Å². The SMILES string of the molecule is C=C(c1ccc(C(=O)OC)c(C=O)c1)c1ccc(C(C)=O)c(C(C)=O)c1.